The first-order valence-electron chi connectivity index (χ1n) is 14.5. The van der Waals surface area contributed by atoms with Crippen LogP contribution in [0.15, 0.2) is 40.8 Å². The van der Waals surface area contributed by atoms with Crippen LogP contribution in [-0.4, -0.2) is 56.9 Å². The van der Waals surface area contributed by atoms with Crippen LogP contribution in [0.1, 0.15) is 51.4 Å². The topological polar surface area (TPSA) is 151 Å². The number of hydrogen-bond donors (Lipinski definition) is 4. The number of fused-ring (bicyclic) bond motifs is 1. The third-order valence-corrected chi connectivity index (χ3v) is 7.13. The smallest absolute Gasteiger partial charge is 0.368 e. The lowest BCUT2D eigenvalue weighted by Crippen LogP contribution is -2.50. The molecule has 37 heavy (non-hydrogen) atoms. The minimum atomic E-state index is 0.912. The Kier molecular flexibility index (Phi) is 12.8. The molecule has 0 saturated carbocycles. The molecular formula is C27H53N10+5. The Labute approximate surface area is 222 Å². The largest absolute Gasteiger partial charge is 0.421 e. The second-order valence-corrected chi connectivity index (χ2v) is 10.1. The fourth-order valence-corrected chi connectivity index (χ4v) is 4.94. The van der Waals surface area contributed by atoms with Crippen molar-refractivity contribution in [3.63, 3.8) is 0 Å². The first-order valence-corrected chi connectivity index (χ1v) is 14.5. The normalized spacial score (nSPS) is 13.6. The highest BCUT2D eigenvalue weighted by Crippen LogP contribution is 2.37. The molecule has 0 fully saturated rings. The molecule has 0 bridgehead atoms. The maximum absolute atomic E-state index is 4.80. The summed E-state index contributed by atoms with van der Waals surface area (Å²) in [6, 6.07) is 6.61. The first kappa shape index (κ1) is 29.0. The van der Waals surface area contributed by atoms with Crippen LogP contribution in [0.3, 0.4) is 0 Å². The van der Waals surface area contributed by atoms with E-state index in [2.05, 4.69) is 72.5 Å². The van der Waals surface area contributed by atoms with Crippen molar-refractivity contribution in [2.24, 2.45) is 10.2 Å². The summed E-state index contributed by atoms with van der Waals surface area (Å²) in [6.45, 7) is 10.1. The maximum Gasteiger partial charge on any atom is 0.421 e. The van der Waals surface area contributed by atoms with E-state index in [0.29, 0.717) is 0 Å². The summed E-state index contributed by atoms with van der Waals surface area (Å²) in [5, 5.41) is 9.56. The molecule has 10 nitrogen and oxygen atoms in total. The average Bonchev–Trinajstić information content (AvgIpc) is 3.30. The van der Waals surface area contributed by atoms with E-state index in [1.807, 2.05) is 0 Å². The average molecular weight is 518 g/mol. The number of benzene rings is 1. The van der Waals surface area contributed by atoms with E-state index in [1.165, 1.54) is 30.6 Å². The fourth-order valence-electron chi connectivity index (χ4n) is 4.94. The molecule has 0 spiro atoms. The van der Waals surface area contributed by atoms with Crippen molar-refractivity contribution in [2.45, 2.75) is 64.5 Å². The number of aromatic nitrogens is 2. The number of rotatable bonds is 18. The van der Waals surface area contributed by atoms with Crippen LogP contribution in [0.4, 0.5) is 23.0 Å². The van der Waals surface area contributed by atoms with E-state index >= 15 is 0 Å². The number of aryl methyl sites for hydroxylation is 2. The lowest BCUT2D eigenvalue weighted by Gasteiger charge is -2.39. The summed E-state index contributed by atoms with van der Waals surface area (Å²) in [4.78, 5) is 5.07. The Bertz CT molecular complexity index is 914. The van der Waals surface area contributed by atoms with Crippen LogP contribution in [-0.2, 0) is 13.1 Å². The van der Waals surface area contributed by atoms with Gasteiger partial charge in [-0.2, -0.15) is 0 Å². The predicted molar refractivity (Wildman–Crippen MR) is 148 cm³/mol. The summed E-state index contributed by atoms with van der Waals surface area (Å²) in [5.41, 5.74) is 19.5. The van der Waals surface area contributed by atoms with Crippen molar-refractivity contribution in [1.82, 2.24) is 4.57 Å². The molecule has 0 atom stereocenters. The summed E-state index contributed by atoms with van der Waals surface area (Å²) in [7, 11) is 0. The molecule has 1 aromatic heterocycles. The molecule has 0 aliphatic carbocycles. The van der Waals surface area contributed by atoms with Gasteiger partial charge in [0.1, 0.15) is 5.69 Å². The van der Waals surface area contributed by atoms with Crippen LogP contribution < -0.4 is 37.3 Å². The zero-order valence-corrected chi connectivity index (χ0v) is 23.1. The standard InChI is InChI=1S/C27H49N10/c28-11-1-5-15-34-19-20-35(16-6-2-12-29)26-23-24(9-10-25(26)34)32-33-27-36(17-7-3-13-30)21-22-37(27)18-8-4-14-31/h9-10,21-23H,1-8,11-20,28-31H2/q+1/p+4. The quantitative estimate of drug-likeness (QED) is 0.124. The van der Waals surface area contributed by atoms with E-state index in [4.69, 9.17) is 10.2 Å². The molecule has 0 unspecified atom stereocenters. The van der Waals surface area contributed by atoms with Crippen LogP contribution in [0, 0.1) is 0 Å². The monoisotopic (exact) mass is 517 g/mol. The van der Waals surface area contributed by atoms with E-state index in [9.17, 15) is 0 Å². The molecule has 1 aliphatic heterocycles. The second-order valence-electron chi connectivity index (χ2n) is 10.1. The highest BCUT2D eigenvalue weighted by Gasteiger charge is 2.23. The van der Waals surface area contributed by atoms with Gasteiger partial charge in [-0.25, -0.2) is 9.13 Å². The lowest BCUT2D eigenvalue weighted by molar-refractivity contribution is -0.684. The van der Waals surface area contributed by atoms with E-state index in [1.54, 1.807) is 0 Å². The van der Waals surface area contributed by atoms with Gasteiger partial charge in [0.15, 0.2) is 0 Å². The van der Waals surface area contributed by atoms with Crippen molar-refractivity contribution in [1.29, 1.82) is 0 Å². The number of azo groups is 1. The molecule has 2 heterocycles. The molecule has 2 aromatic rings. The van der Waals surface area contributed by atoms with Gasteiger partial charge >= 0.3 is 5.95 Å². The number of anilines is 2. The Hall–Kier alpha value is -2.53. The van der Waals surface area contributed by atoms with Crippen molar-refractivity contribution in [3.8, 4) is 0 Å². The molecule has 3 rings (SSSR count). The van der Waals surface area contributed by atoms with Crippen LogP contribution in [0.5, 0.6) is 0 Å². The number of quaternary nitrogens is 4. The van der Waals surface area contributed by atoms with E-state index in [-0.39, 0.29) is 0 Å². The summed E-state index contributed by atoms with van der Waals surface area (Å²) in [5.74, 6) is 0.924. The van der Waals surface area contributed by atoms with Crippen molar-refractivity contribution < 1.29 is 27.5 Å². The number of unbranched alkanes of at least 4 members (excludes halogenated alkanes) is 4. The summed E-state index contributed by atoms with van der Waals surface area (Å²) >= 11 is 0. The van der Waals surface area contributed by atoms with E-state index in [0.717, 1.165) is 109 Å². The third kappa shape index (κ3) is 8.77. The zero-order chi connectivity index (χ0) is 26.3. The predicted octanol–water partition coefficient (Wildman–Crippen LogP) is -0.0942. The van der Waals surface area contributed by atoms with Gasteiger partial charge in [-0.1, -0.05) is 5.11 Å². The molecule has 12 N–H and O–H groups in total. The molecule has 1 aromatic carbocycles. The minimum absolute atomic E-state index is 0.912. The molecule has 10 heteroatoms. The Morgan fingerprint density at radius 2 is 1.27 bits per heavy atom. The zero-order valence-electron chi connectivity index (χ0n) is 23.1. The maximum atomic E-state index is 4.80. The van der Waals surface area contributed by atoms with Gasteiger partial charge in [0.05, 0.1) is 63.0 Å². The van der Waals surface area contributed by atoms with Crippen molar-refractivity contribution in [2.75, 3.05) is 62.2 Å². The van der Waals surface area contributed by atoms with Crippen LogP contribution in [0.2, 0.25) is 0 Å². The first-order chi connectivity index (χ1) is 18.2. The number of hydrogen-bond acceptors (Lipinski definition) is 4. The molecular weight excluding hydrogens is 464 g/mol. The van der Waals surface area contributed by atoms with Gasteiger partial charge in [0.2, 0.25) is 0 Å². The highest BCUT2D eigenvalue weighted by molar-refractivity contribution is 5.76. The third-order valence-electron chi connectivity index (χ3n) is 7.13. The lowest BCUT2D eigenvalue weighted by atomic mass is 10.1. The molecule has 1 aliphatic rings. The Morgan fingerprint density at radius 3 is 1.92 bits per heavy atom. The minimum Gasteiger partial charge on any atom is -0.368 e. The second kappa shape index (κ2) is 16.3. The Morgan fingerprint density at radius 1 is 0.676 bits per heavy atom. The molecule has 206 valence electrons. The van der Waals surface area contributed by atoms with Gasteiger partial charge in [-0.05, 0) is 69.6 Å². The van der Waals surface area contributed by atoms with Crippen molar-refractivity contribution in [3.05, 3.63) is 30.6 Å². The fraction of sp³-hybridized carbons (Fsp3) is 0.667. The Balaban J connectivity index is 1.83. The van der Waals surface area contributed by atoms with Gasteiger partial charge in [-0.15, -0.1) is 0 Å². The summed E-state index contributed by atoms with van der Waals surface area (Å²) < 4.78 is 4.47. The van der Waals surface area contributed by atoms with Crippen LogP contribution >= 0.6 is 0 Å². The number of imidazole rings is 1. The van der Waals surface area contributed by atoms with Gasteiger partial charge in [0, 0.05) is 31.3 Å². The molecule has 0 radical (unpaired) electrons. The van der Waals surface area contributed by atoms with Gasteiger partial charge < -0.3 is 32.7 Å². The highest BCUT2D eigenvalue weighted by atomic mass is 15.3. The molecule has 0 saturated heterocycles. The number of nitrogens with zero attached hydrogens (tertiary/aromatic N) is 6. The van der Waals surface area contributed by atoms with Gasteiger partial charge in [0.25, 0.3) is 0 Å². The van der Waals surface area contributed by atoms with Gasteiger partial charge in [-0.3, -0.25) is 0 Å². The van der Waals surface area contributed by atoms with Crippen LogP contribution in [0.25, 0.3) is 0 Å². The summed E-state index contributed by atoms with van der Waals surface area (Å²) in [6.07, 6.45) is 13.4. The van der Waals surface area contributed by atoms with E-state index < -0.39 is 0 Å². The SMILES string of the molecule is [NH3+]CCCCN1CCN(CCCC[NH3+])c2cc(N=Nc3n(CCCC[NH3+])cc[n+]3CCCC[NH3+])ccc21. The van der Waals surface area contributed by atoms with Crippen molar-refractivity contribution >= 4 is 23.0 Å². The molecule has 0 amide bonds.